The van der Waals surface area contributed by atoms with E-state index in [0.717, 1.165) is 12.2 Å². The Morgan fingerprint density at radius 3 is 3.06 bits per heavy atom. The van der Waals surface area contributed by atoms with Gasteiger partial charge in [-0.05, 0) is 33.4 Å². The van der Waals surface area contributed by atoms with Gasteiger partial charge in [0.05, 0.1) is 17.6 Å². The second-order valence-corrected chi connectivity index (χ2v) is 4.48. The van der Waals surface area contributed by atoms with Crippen molar-refractivity contribution in [1.29, 1.82) is 0 Å². The zero-order valence-electron chi connectivity index (χ0n) is 9.90. The standard InChI is InChI=1S/C11H19N5/c1-8-10(12)6-13-11(14-8)15-9-4-3-5-16(2)7-9/h6,9H,3-5,7,12H2,1-2H3,(H,13,14,15). The number of nitrogen functional groups attached to an aromatic ring is 1. The molecule has 2 heterocycles. The first-order valence-electron chi connectivity index (χ1n) is 5.69. The molecule has 16 heavy (non-hydrogen) atoms. The van der Waals surface area contributed by atoms with Gasteiger partial charge in [-0.1, -0.05) is 0 Å². The van der Waals surface area contributed by atoms with E-state index in [1.54, 1.807) is 6.20 Å². The maximum atomic E-state index is 5.68. The number of nitrogens with zero attached hydrogens (tertiary/aromatic N) is 3. The minimum absolute atomic E-state index is 0.446. The Hall–Kier alpha value is -1.36. The molecule has 88 valence electrons. The molecule has 1 saturated heterocycles. The van der Waals surface area contributed by atoms with Gasteiger partial charge in [-0.25, -0.2) is 9.97 Å². The van der Waals surface area contributed by atoms with E-state index in [2.05, 4.69) is 27.2 Å². The molecule has 1 aromatic heterocycles. The van der Waals surface area contributed by atoms with Gasteiger partial charge in [-0.3, -0.25) is 0 Å². The first kappa shape index (κ1) is 11.1. The Morgan fingerprint density at radius 1 is 1.56 bits per heavy atom. The second kappa shape index (κ2) is 4.65. The van der Waals surface area contributed by atoms with Crippen LogP contribution < -0.4 is 11.1 Å². The molecule has 5 nitrogen and oxygen atoms in total. The summed E-state index contributed by atoms with van der Waals surface area (Å²) in [5.74, 6) is 0.687. The van der Waals surface area contributed by atoms with Crippen LogP contribution in [-0.2, 0) is 0 Å². The molecule has 5 heteroatoms. The van der Waals surface area contributed by atoms with Crippen molar-refractivity contribution in [2.24, 2.45) is 0 Å². The zero-order chi connectivity index (χ0) is 11.5. The molecule has 0 spiro atoms. The summed E-state index contributed by atoms with van der Waals surface area (Å²) in [5.41, 5.74) is 7.16. The molecule has 1 aromatic rings. The third kappa shape index (κ3) is 2.61. The average Bonchev–Trinajstić information content (AvgIpc) is 2.24. The summed E-state index contributed by atoms with van der Waals surface area (Å²) in [6.07, 6.45) is 4.07. The van der Waals surface area contributed by atoms with Crippen LogP contribution in [0.5, 0.6) is 0 Å². The number of nitrogens with two attached hydrogens (primary N) is 1. The third-order valence-electron chi connectivity index (χ3n) is 2.98. The van der Waals surface area contributed by atoms with Crippen LogP contribution in [0.2, 0.25) is 0 Å². The van der Waals surface area contributed by atoms with Crippen LogP contribution in [0.1, 0.15) is 18.5 Å². The van der Waals surface area contributed by atoms with Gasteiger partial charge in [0.15, 0.2) is 0 Å². The van der Waals surface area contributed by atoms with E-state index in [1.165, 1.54) is 19.4 Å². The van der Waals surface area contributed by atoms with E-state index in [0.29, 0.717) is 17.7 Å². The van der Waals surface area contributed by atoms with Gasteiger partial charge >= 0.3 is 0 Å². The highest BCUT2D eigenvalue weighted by Crippen LogP contribution is 2.14. The molecule has 0 amide bonds. The van der Waals surface area contributed by atoms with Crippen molar-refractivity contribution in [1.82, 2.24) is 14.9 Å². The molecule has 1 aliphatic heterocycles. The predicted molar refractivity (Wildman–Crippen MR) is 65.3 cm³/mol. The van der Waals surface area contributed by atoms with Gasteiger partial charge in [0.25, 0.3) is 0 Å². The van der Waals surface area contributed by atoms with Gasteiger partial charge in [-0.2, -0.15) is 0 Å². The lowest BCUT2D eigenvalue weighted by molar-refractivity contribution is 0.260. The van der Waals surface area contributed by atoms with E-state index in [9.17, 15) is 0 Å². The fourth-order valence-electron chi connectivity index (χ4n) is 2.01. The molecule has 3 N–H and O–H groups in total. The second-order valence-electron chi connectivity index (χ2n) is 4.48. The predicted octanol–water partition coefficient (Wildman–Crippen LogP) is 0.873. The van der Waals surface area contributed by atoms with Crippen molar-refractivity contribution in [3.8, 4) is 0 Å². The number of hydrogen-bond acceptors (Lipinski definition) is 5. The average molecular weight is 221 g/mol. The smallest absolute Gasteiger partial charge is 0.223 e. The maximum absolute atomic E-state index is 5.68. The highest BCUT2D eigenvalue weighted by Gasteiger charge is 2.17. The summed E-state index contributed by atoms with van der Waals surface area (Å²) in [4.78, 5) is 10.8. The number of likely N-dealkylation sites (N-methyl/N-ethyl adjacent to an activating group) is 1. The summed E-state index contributed by atoms with van der Waals surface area (Å²) in [6.45, 7) is 4.13. The van der Waals surface area contributed by atoms with Crippen LogP contribution in [0, 0.1) is 6.92 Å². The topological polar surface area (TPSA) is 67.1 Å². The van der Waals surface area contributed by atoms with Crippen LogP contribution in [-0.4, -0.2) is 41.0 Å². The molecule has 1 aliphatic rings. The Kier molecular flexibility index (Phi) is 3.24. The fourth-order valence-corrected chi connectivity index (χ4v) is 2.01. The number of hydrogen-bond donors (Lipinski definition) is 2. The molecule has 1 atom stereocenters. The van der Waals surface area contributed by atoms with Crippen molar-refractivity contribution < 1.29 is 0 Å². The van der Waals surface area contributed by atoms with Crippen molar-refractivity contribution in [3.63, 3.8) is 0 Å². The number of rotatable bonds is 2. The monoisotopic (exact) mass is 221 g/mol. The minimum Gasteiger partial charge on any atom is -0.396 e. The number of aromatic nitrogens is 2. The highest BCUT2D eigenvalue weighted by atomic mass is 15.2. The Balaban J connectivity index is 2.00. The summed E-state index contributed by atoms with van der Waals surface area (Å²) in [7, 11) is 2.14. The van der Waals surface area contributed by atoms with Crippen molar-refractivity contribution in [2.45, 2.75) is 25.8 Å². The number of anilines is 2. The minimum atomic E-state index is 0.446. The van der Waals surface area contributed by atoms with Crippen LogP contribution in [0.25, 0.3) is 0 Å². The van der Waals surface area contributed by atoms with Gasteiger partial charge in [0, 0.05) is 12.6 Å². The van der Waals surface area contributed by atoms with Crippen molar-refractivity contribution in [3.05, 3.63) is 11.9 Å². The van der Waals surface area contributed by atoms with E-state index in [1.807, 2.05) is 6.92 Å². The molecular weight excluding hydrogens is 202 g/mol. The Morgan fingerprint density at radius 2 is 2.38 bits per heavy atom. The quantitative estimate of drug-likeness (QED) is 0.775. The van der Waals surface area contributed by atoms with Gasteiger partial charge in [-0.15, -0.1) is 0 Å². The summed E-state index contributed by atoms with van der Waals surface area (Å²) < 4.78 is 0. The maximum Gasteiger partial charge on any atom is 0.223 e. The zero-order valence-corrected chi connectivity index (χ0v) is 9.90. The summed E-state index contributed by atoms with van der Waals surface area (Å²) in [5, 5.41) is 3.36. The Labute approximate surface area is 96.1 Å². The van der Waals surface area contributed by atoms with Crippen LogP contribution >= 0.6 is 0 Å². The largest absolute Gasteiger partial charge is 0.396 e. The molecule has 2 rings (SSSR count). The van der Waals surface area contributed by atoms with Gasteiger partial charge in [0.1, 0.15) is 0 Å². The molecule has 0 radical (unpaired) electrons. The number of piperidine rings is 1. The van der Waals surface area contributed by atoms with E-state index >= 15 is 0 Å². The SMILES string of the molecule is Cc1nc(NC2CCCN(C)C2)ncc1N. The lowest BCUT2D eigenvalue weighted by Gasteiger charge is -2.30. The molecule has 1 unspecified atom stereocenters. The lowest BCUT2D eigenvalue weighted by atomic mass is 10.1. The van der Waals surface area contributed by atoms with E-state index < -0.39 is 0 Å². The summed E-state index contributed by atoms with van der Waals surface area (Å²) >= 11 is 0. The van der Waals surface area contributed by atoms with Crippen LogP contribution in [0.15, 0.2) is 6.20 Å². The van der Waals surface area contributed by atoms with Crippen molar-refractivity contribution in [2.75, 3.05) is 31.2 Å². The third-order valence-corrected chi connectivity index (χ3v) is 2.98. The summed E-state index contributed by atoms with van der Waals surface area (Å²) in [6, 6.07) is 0.446. The van der Waals surface area contributed by atoms with Gasteiger partial charge in [0.2, 0.25) is 5.95 Å². The molecule has 0 aromatic carbocycles. The van der Waals surface area contributed by atoms with Gasteiger partial charge < -0.3 is 16.0 Å². The lowest BCUT2D eigenvalue weighted by Crippen LogP contribution is -2.40. The molecule has 0 bridgehead atoms. The first-order chi connectivity index (χ1) is 7.65. The number of nitrogens with one attached hydrogen (secondary N) is 1. The number of aryl methyl sites for hydroxylation is 1. The highest BCUT2D eigenvalue weighted by molar-refractivity contribution is 5.43. The molecule has 0 aliphatic carbocycles. The van der Waals surface area contributed by atoms with E-state index in [-0.39, 0.29) is 0 Å². The Bertz CT molecular complexity index is 365. The van der Waals surface area contributed by atoms with Crippen LogP contribution in [0.3, 0.4) is 0 Å². The molecule has 1 fully saturated rings. The van der Waals surface area contributed by atoms with Crippen molar-refractivity contribution >= 4 is 11.6 Å². The van der Waals surface area contributed by atoms with Crippen LogP contribution in [0.4, 0.5) is 11.6 Å². The number of likely N-dealkylation sites (tertiary alicyclic amines) is 1. The first-order valence-corrected chi connectivity index (χ1v) is 5.69. The normalized spacial score (nSPS) is 22.0. The van der Waals surface area contributed by atoms with E-state index in [4.69, 9.17) is 5.73 Å². The molecular formula is C11H19N5. The fraction of sp³-hybridized carbons (Fsp3) is 0.636. The molecule has 0 saturated carbocycles.